The summed E-state index contributed by atoms with van der Waals surface area (Å²) in [5.74, 6) is 0.794. The monoisotopic (exact) mass is 339 g/mol. The summed E-state index contributed by atoms with van der Waals surface area (Å²) in [7, 11) is 0. The number of rotatable bonds is 5. The Hall–Kier alpha value is -2.08. The van der Waals surface area contributed by atoms with Gasteiger partial charge in [0.1, 0.15) is 11.9 Å². The number of para-hydroxylation sites is 1. The number of aliphatic hydroxyl groups excluding tert-OH is 1. The fraction of sp³-hybridized carbons (Fsp3) is 0.400. The number of aromatic nitrogens is 1. The van der Waals surface area contributed by atoms with Gasteiger partial charge in [0.25, 0.3) is 0 Å². The fourth-order valence-corrected chi connectivity index (χ4v) is 3.60. The molecule has 2 atom stereocenters. The zero-order valence-corrected chi connectivity index (χ0v) is 14.5. The smallest absolute Gasteiger partial charge is 0.176 e. The third kappa shape index (κ3) is 3.35. The Kier molecular flexibility index (Phi) is 4.61. The summed E-state index contributed by atoms with van der Waals surface area (Å²) in [5, 5.41) is 19.3. The Morgan fingerprint density at radius 1 is 1.08 bits per heavy atom. The number of benzene rings is 2. The molecule has 2 unspecified atom stereocenters. The van der Waals surface area contributed by atoms with Crippen LogP contribution in [0.3, 0.4) is 0 Å². The van der Waals surface area contributed by atoms with Gasteiger partial charge in [-0.25, -0.2) is 0 Å². The van der Waals surface area contributed by atoms with Crippen molar-refractivity contribution < 1.29 is 9.84 Å². The van der Waals surface area contributed by atoms with E-state index in [0.717, 1.165) is 53.5 Å². The molecule has 0 radical (unpaired) electrons. The second kappa shape index (κ2) is 7.04. The van der Waals surface area contributed by atoms with Crippen LogP contribution in [-0.2, 0) is 0 Å². The number of nitrogens with one attached hydrogen (secondary N) is 3. The standard InChI is InChI=1S/C20H25N3O2/c1-13(24)20(22-14-9-11-21-12-10-14)25-18-8-4-7-17-19(18)15-5-2-3-6-16(15)23-17/h2-8,13-14,20-24H,9-12H2,1H3. The largest absolute Gasteiger partial charge is 0.472 e. The number of hydrogen-bond donors (Lipinski definition) is 4. The summed E-state index contributed by atoms with van der Waals surface area (Å²) in [6, 6.07) is 14.6. The molecule has 5 nitrogen and oxygen atoms in total. The van der Waals surface area contributed by atoms with Crippen LogP contribution in [0.1, 0.15) is 19.8 Å². The number of piperidine rings is 1. The van der Waals surface area contributed by atoms with Crippen molar-refractivity contribution in [2.24, 2.45) is 0 Å². The molecule has 132 valence electrons. The van der Waals surface area contributed by atoms with E-state index in [-0.39, 0.29) is 0 Å². The summed E-state index contributed by atoms with van der Waals surface area (Å²) in [4.78, 5) is 3.43. The fourth-order valence-electron chi connectivity index (χ4n) is 3.60. The van der Waals surface area contributed by atoms with Crippen molar-refractivity contribution in [1.29, 1.82) is 0 Å². The summed E-state index contributed by atoms with van der Waals surface area (Å²) in [6.45, 7) is 3.78. The average Bonchev–Trinajstić information content (AvgIpc) is 3.01. The van der Waals surface area contributed by atoms with E-state index in [2.05, 4.69) is 33.8 Å². The van der Waals surface area contributed by atoms with E-state index in [4.69, 9.17) is 4.74 Å². The Morgan fingerprint density at radius 3 is 2.64 bits per heavy atom. The molecule has 25 heavy (non-hydrogen) atoms. The molecule has 1 fully saturated rings. The number of aliphatic hydroxyl groups is 1. The van der Waals surface area contributed by atoms with Crippen molar-refractivity contribution in [2.45, 2.75) is 38.1 Å². The van der Waals surface area contributed by atoms with Gasteiger partial charge in [0.2, 0.25) is 0 Å². The van der Waals surface area contributed by atoms with E-state index in [1.54, 1.807) is 6.92 Å². The molecule has 2 heterocycles. The molecule has 4 rings (SSSR count). The van der Waals surface area contributed by atoms with Crippen molar-refractivity contribution in [3.63, 3.8) is 0 Å². The molecule has 4 N–H and O–H groups in total. The van der Waals surface area contributed by atoms with Gasteiger partial charge in [-0.15, -0.1) is 0 Å². The van der Waals surface area contributed by atoms with Gasteiger partial charge in [-0.2, -0.15) is 0 Å². The summed E-state index contributed by atoms with van der Waals surface area (Å²) < 4.78 is 6.26. The van der Waals surface area contributed by atoms with Crippen LogP contribution in [0.4, 0.5) is 0 Å². The number of aromatic amines is 1. The molecule has 0 aliphatic carbocycles. The predicted molar refractivity (Wildman–Crippen MR) is 101 cm³/mol. The molecular formula is C20H25N3O2. The van der Waals surface area contributed by atoms with Gasteiger partial charge in [0.15, 0.2) is 6.23 Å². The van der Waals surface area contributed by atoms with Crippen molar-refractivity contribution in [1.82, 2.24) is 15.6 Å². The molecule has 0 saturated carbocycles. The van der Waals surface area contributed by atoms with Gasteiger partial charge >= 0.3 is 0 Å². The summed E-state index contributed by atoms with van der Waals surface area (Å²) in [6.07, 6.45) is 1.06. The number of hydrogen-bond acceptors (Lipinski definition) is 4. The van der Waals surface area contributed by atoms with Gasteiger partial charge in [0, 0.05) is 22.3 Å². The first-order valence-corrected chi connectivity index (χ1v) is 9.03. The highest BCUT2D eigenvalue weighted by molar-refractivity contribution is 6.10. The topological polar surface area (TPSA) is 69.3 Å². The maximum Gasteiger partial charge on any atom is 0.176 e. The third-order valence-corrected chi connectivity index (χ3v) is 4.92. The quantitative estimate of drug-likeness (QED) is 0.540. The van der Waals surface area contributed by atoms with Crippen LogP contribution in [0.2, 0.25) is 0 Å². The number of ether oxygens (including phenoxy) is 1. The van der Waals surface area contributed by atoms with Crippen molar-refractivity contribution in [2.75, 3.05) is 13.1 Å². The minimum absolute atomic E-state index is 0.364. The zero-order valence-electron chi connectivity index (χ0n) is 14.5. The molecule has 5 heteroatoms. The molecule has 1 aliphatic heterocycles. The first-order valence-electron chi connectivity index (χ1n) is 9.03. The highest BCUT2D eigenvalue weighted by atomic mass is 16.5. The van der Waals surface area contributed by atoms with Gasteiger partial charge in [0.05, 0.1) is 5.52 Å². The maximum absolute atomic E-state index is 10.2. The van der Waals surface area contributed by atoms with E-state index >= 15 is 0 Å². The summed E-state index contributed by atoms with van der Waals surface area (Å²) in [5.41, 5.74) is 2.14. The number of H-pyrrole nitrogens is 1. The summed E-state index contributed by atoms with van der Waals surface area (Å²) >= 11 is 0. The first-order chi connectivity index (χ1) is 12.2. The predicted octanol–water partition coefficient (Wildman–Crippen LogP) is 2.75. The SMILES string of the molecule is CC(O)C(NC1CCNCC1)Oc1cccc2[nH]c3ccccc3c12. The van der Waals surface area contributed by atoms with Crippen LogP contribution < -0.4 is 15.4 Å². The molecule has 0 spiro atoms. The van der Waals surface area contributed by atoms with E-state index in [9.17, 15) is 5.11 Å². The number of fused-ring (bicyclic) bond motifs is 3. The lowest BCUT2D eigenvalue weighted by Crippen LogP contribution is -2.51. The Labute approximate surface area is 147 Å². The third-order valence-electron chi connectivity index (χ3n) is 4.92. The second-order valence-corrected chi connectivity index (χ2v) is 6.82. The van der Waals surface area contributed by atoms with E-state index in [1.807, 2.05) is 24.3 Å². The normalized spacial score (nSPS) is 18.5. The molecule has 1 aromatic heterocycles. The zero-order chi connectivity index (χ0) is 17.2. The first kappa shape index (κ1) is 16.4. The second-order valence-electron chi connectivity index (χ2n) is 6.82. The lowest BCUT2D eigenvalue weighted by molar-refractivity contribution is 0.0176. The Bertz CT molecular complexity index is 852. The Morgan fingerprint density at radius 2 is 1.84 bits per heavy atom. The van der Waals surface area contributed by atoms with Crippen molar-refractivity contribution >= 4 is 21.8 Å². The lowest BCUT2D eigenvalue weighted by atomic mass is 10.1. The van der Waals surface area contributed by atoms with Crippen LogP contribution in [0, 0.1) is 0 Å². The average molecular weight is 339 g/mol. The Balaban J connectivity index is 1.65. The van der Waals surface area contributed by atoms with Crippen LogP contribution >= 0.6 is 0 Å². The van der Waals surface area contributed by atoms with Crippen LogP contribution in [-0.4, -0.2) is 41.6 Å². The molecule has 0 amide bonds. The molecule has 0 bridgehead atoms. The van der Waals surface area contributed by atoms with Gasteiger partial charge in [-0.1, -0.05) is 24.3 Å². The highest BCUT2D eigenvalue weighted by Gasteiger charge is 2.23. The minimum Gasteiger partial charge on any atom is -0.472 e. The van der Waals surface area contributed by atoms with Crippen molar-refractivity contribution in [3.05, 3.63) is 42.5 Å². The van der Waals surface area contributed by atoms with Gasteiger partial charge in [-0.3, -0.25) is 5.32 Å². The van der Waals surface area contributed by atoms with Gasteiger partial charge < -0.3 is 20.1 Å². The molecule has 1 aliphatic rings. The molecule has 3 aromatic rings. The maximum atomic E-state index is 10.2. The minimum atomic E-state index is -0.602. The van der Waals surface area contributed by atoms with Crippen LogP contribution in [0.5, 0.6) is 5.75 Å². The van der Waals surface area contributed by atoms with E-state index in [0.29, 0.717) is 6.04 Å². The van der Waals surface area contributed by atoms with Crippen LogP contribution in [0.15, 0.2) is 42.5 Å². The molecular weight excluding hydrogens is 314 g/mol. The van der Waals surface area contributed by atoms with E-state index in [1.165, 1.54) is 0 Å². The lowest BCUT2D eigenvalue weighted by Gasteiger charge is -2.30. The van der Waals surface area contributed by atoms with Gasteiger partial charge in [-0.05, 0) is 51.1 Å². The van der Waals surface area contributed by atoms with Crippen molar-refractivity contribution in [3.8, 4) is 5.75 Å². The highest BCUT2D eigenvalue weighted by Crippen LogP contribution is 2.33. The molecule has 2 aromatic carbocycles. The van der Waals surface area contributed by atoms with Crippen LogP contribution in [0.25, 0.3) is 21.8 Å². The van der Waals surface area contributed by atoms with E-state index < -0.39 is 12.3 Å². The molecule has 1 saturated heterocycles.